The lowest BCUT2D eigenvalue weighted by atomic mass is 9.84. The fourth-order valence-electron chi connectivity index (χ4n) is 3.72. The van der Waals surface area contributed by atoms with Crippen molar-refractivity contribution < 1.29 is 22.9 Å². The number of nitrogens with zero attached hydrogens (tertiary/aromatic N) is 4. The van der Waals surface area contributed by atoms with E-state index < -0.39 is 38.8 Å². The maximum atomic E-state index is 12.9. The zero-order valence-corrected chi connectivity index (χ0v) is 17.7. The van der Waals surface area contributed by atoms with Gasteiger partial charge < -0.3 is 5.32 Å². The van der Waals surface area contributed by atoms with Gasteiger partial charge in [-0.15, -0.1) is 4.83 Å². The number of allylic oxidation sites excluding steroid dienone is 2. The first-order valence-corrected chi connectivity index (χ1v) is 11.3. The number of benzene rings is 1. The average molecular weight is 458 g/mol. The van der Waals surface area contributed by atoms with Gasteiger partial charge in [0.2, 0.25) is 10.0 Å². The molecule has 2 N–H and O–H groups in total. The van der Waals surface area contributed by atoms with Gasteiger partial charge in [-0.05, 0) is 13.0 Å². The number of nitrogens with one attached hydrogen (secondary N) is 2. The van der Waals surface area contributed by atoms with Crippen molar-refractivity contribution in [3.8, 4) is 11.3 Å². The van der Waals surface area contributed by atoms with E-state index >= 15 is 0 Å². The van der Waals surface area contributed by atoms with Gasteiger partial charge in [0.05, 0.1) is 28.8 Å². The van der Waals surface area contributed by atoms with Crippen LogP contribution in [0.5, 0.6) is 0 Å². The Balaban J connectivity index is 1.81. The van der Waals surface area contributed by atoms with Crippen LogP contribution in [0.4, 0.5) is 4.79 Å². The van der Waals surface area contributed by atoms with Crippen molar-refractivity contribution in [2.45, 2.75) is 13.0 Å². The maximum Gasteiger partial charge on any atom is 0.340 e. The molecule has 0 saturated carbocycles. The summed E-state index contributed by atoms with van der Waals surface area (Å²) < 4.78 is 24.6. The van der Waals surface area contributed by atoms with Gasteiger partial charge in [0.25, 0.3) is 11.6 Å². The van der Waals surface area contributed by atoms with E-state index in [2.05, 4.69) is 10.3 Å². The van der Waals surface area contributed by atoms with E-state index in [1.54, 1.807) is 6.20 Å². The minimum atomic E-state index is -3.93. The van der Waals surface area contributed by atoms with Gasteiger partial charge in [-0.1, -0.05) is 30.3 Å². The summed E-state index contributed by atoms with van der Waals surface area (Å²) in [5.41, 5.74) is 1.25. The number of hydrazine groups is 1. The third-order valence-electron chi connectivity index (χ3n) is 5.14. The molecule has 1 saturated heterocycles. The molecule has 4 rings (SSSR count). The number of hydrogen-bond donors (Lipinski definition) is 2. The molecule has 12 nitrogen and oxygen atoms in total. The molecule has 1 aromatic heterocycles. The molecule has 2 aliphatic rings. The highest BCUT2D eigenvalue weighted by Crippen LogP contribution is 2.35. The van der Waals surface area contributed by atoms with E-state index in [1.165, 1.54) is 23.9 Å². The van der Waals surface area contributed by atoms with Crippen LogP contribution in [0.25, 0.3) is 17.0 Å². The summed E-state index contributed by atoms with van der Waals surface area (Å²) in [6.45, 7) is 1.51. The van der Waals surface area contributed by atoms with E-state index in [9.17, 15) is 28.1 Å². The molecule has 2 aromatic rings. The van der Waals surface area contributed by atoms with Gasteiger partial charge in [-0.3, -0.25) is 19.5 Å². The van der Waals surface area contributed by atoms with Crippen molar-refractivity contribution in [3.05, 3.63) is 70.3 Å². The molecular formula is C19H18N6O6S. The highest BCUT2D eigenvalue weighted by Gasteiger charge is 2.47. The summed E-state index contributed by atoms with van der Waals surface area (Å²) in [6, 6.07) is 7.17. The van der Waals surface area contributed by atoms with Crippen LogP contribution in [0.2, 0.25) is 0 Å². The predicted octanol–water partition coefficient (Wildman–Crippen LogP) is 0.956. The SMILES string of the molecule is CC1C([N+](=O)[O-])=C(n2cnc(-c3ccccc3)c2)C=C2C(=O)N(NS(C)(=O)=O)C(=O)NC21. The number of aromatic nitrogens is 2. The van der Waals surface area contributed by atoms with Crippen molar-refractivity contribution in [1.82, 2.24) is 24.7 Å². The molecular weight excluding hydrogens is 440 g/mol. The molecule has 2 atom stereocenters. The minimum absolute atomic E-state index is 0.00353. The van der Waals surface area contributed by atoms with Crippen molar-refractivity contribution in [2.75, 3.05) is 6.26 Å². The van der Waals surface area contributed by atoms with E-state index in [1.807, 2.05) is 35.2 Å². The summed E-state index contributed by atoms with van der Waals surface area (Å²) in [4.78, 5) is 42.7. The third-order valence-corrected chi connectivity index (χ3v) is 5.65. The molecule has 1 fully saturated rings. The Labute approximate surface area is 182 Å². The number of amides is 3. The first kappa shape index (κ1) is 21.4. The zero-order valence-electron chi connectivity index (χ0n) is 16.9. The van der Waals surface area contributed by atoms with E-state index in [0.29, 0.717) is 10.7 Å². The van der Waals surface area contributed by atoms with Gasteiger partial charge >= 0.3 is 6.03 Å². The van der Waals surface area contributed by atoms with Crippen molar-refractivity contribution in [2.24, 2.45) is 5.92 Å². The molecule has 3 amide bonds. The molecule has 2 unspecified atom stereocenters. The lowest BCUT2D eigenvalue weighted by Crippen LogP contribution is -2.63. The average Bonchev–Trinajstić information content (AvgIpc) is 3.21. The molecule has 0 spiro atoms. The Hall–Kier alpha value is -3.84. The molecule has 1 aliphatic heterocycles. The molecule has 32 heavy (non-hydrogen) atoms. The normalized spacial score (nSPS) is 21.2. The van der Waals surface area contributed by atoms with Crippen molar-refractivity contribution in [3.63, 3.8) is 0 Å². The lowest BCUT2D eigenvalue weighted by Gasteiger charge is -2.37. The predicted molar refractivity (Wildman–Crippen MR) is 112 cm³/mol. The second kappa shape index (κ2) is 7.69. The van der Waals surface area contributed by atoms with Crippen LogP contribution in [-0.4, -0.2) is 52.1 Å². The van der Waals surface area contributed by atoms with Crippen LogP contribution in [0, 0.1) is 16.0 Å². The van der Waals surface area contributed by atoms with Crippen molar-refractivity contribution in [1.29, 1.82) is 0 Å². The highest BCUT2D eigenvalue weighted by atomic mass is 32.2. The number of hydrogen-bond acceptors (Lipinski definition) is 7. The summed E-state index contributed by atoms with van der Waals surface area (Å²) in [5.74, 6) is -1.80. The van der Waals surface area contributed by atoms with Crippen LogP contribution in [-0.2, 0) is 14.8 Å². The van der Waals surface area contributed by atoms with Crippen LogP contribution < -0.4 is 10.1 Å². The number of imide groups is 1. The first-order valence-electron chi connectivity index (χ1n) is 9.39. The number of fused-ring (bicyclic) bond motifs is 1. The van der Waals surface area contributed by atoms with E-state index in [0.717, 1.165) is 11.8 Å². The second-order valence-electron chi connectivity index (χ2n) is 7.38. The maximum absolute atomic E-state index is 12.9. The molecule has 166 valence electrons. The highest BCUT2D eigenvalue weighted by molar-refractivity contribution is 7.88. The number of rotatable bonds is 5. The number of imidazole rings is 1. The number of nitro groups is 1. The summed E-state index contributed by atoms with van der Waals surface area (Å²) in [6.07, 6.45) is 5.06. The smallest absolute Gasteiger partial charge is 0.329 e. The Morgan fingerprint density at radius 1 is 1.22 bits per heavy atom. The number of urea groups is 1. The summed E-state index contributed by atoms with van der Waals surface area (Å²) in [7, 11) is -3.93. The molecule has 13 heteroatoms. The van der Waals surface area contributed by atoms with E-state index in [4.69, 9.17) is 0 Å². The van der Waals surface area contributed by atoms with Gasteiger partial charge in [-0.2, -0.15) is 5.01 Å². The number of carbonyl (C=O) groups is 2. The Morgan fingerprint density at radius 2 is 1.91 bits per heavy atom. The lowest BCUT2D eigenvalue weighted by molar-refractivity contribution is -0.433. The van der Waals surface area contributed by atoms with Gasteiger partial charge in [0.15, 0.2) is 0 Å². The third kappa shape index (κ3) is 3.78. The Kier molecular flexibility index (Phi) is 5.14. The first-order chi connectivity index (χ1) is 15.1. The van der Waals surface area contributed by atoms with Crippen LogP contribution in [0.3, 0.4) is 0 Å². The monoisotopic (exact) mass is 458 g/mol. The van der Waals surface area contributed by atoms with Gasteiger partial charge in [0.1, 0.15) is 12.0 Å². The quantitative estimate of drug-likeness (QED) is 0.499. The molecule has 0 radical (unpaired) electrons. The van der Waals surface area contributed by atoms with Crippen molar-refractivity contribution >= 4 is 27.7 Å². The molecule has 1 aliphatic carbocycles. The summed E-state index contributed by atoms with van der Waals surface area (Å²) in [5, 5.41) is 14.7. The van der Waals surface area contributed by atoms with Crippen LogP contribution in [0.15, 0.2) is 60.2 Å². The van der Waals surface area contributed by atoms with E-state index in [-0.39, 0.29) is 17.0 Å². The number of carbonyl (C=O) groups excluding carboxylic acids is 2. The topological polar surface area (TPSA) is 157 Å². The van der Waals surface area contributed by atoms with Gasteiger partial charge in [-0.25, -0.2) is 18.2 Å². The largest absolute Gasteiger partial charge is 0.340 e. The molecule has 1 aromatic carbocycles. The zero-order chi connectivity index (χ0) is 23.2. The minimum Gasteiger partial charge on any atom is -0.329 e. The standard InChI is InChI=1S/C19H18N6O6S/c1-11-16-13(18(26)24(19(27)21-16)22-32(2,30)31)8-15(17(11)25(28)29)23-9-14(20-10-23)12-6-4-3-5-7-12/h3-11,16,22H,1-2H3,(H,21,27). The molecule has 2 heterocycles. The Bertz CT molecular complexity index is 1300. The summed E-state index contributed by atoms with van der Waals surface area (Å²) >= 11 is 0. The fraction of sp³-hybridized carbons (Fsp3) is 0.211. The number of sulfonamides is 1. The fourth-order valence-corrected chi connectivity index (χ4v) is 4.21. The Morgan fingerprint density at radius 3 is 2.53 bits per heavy atom. The second-order valence-corrected chi connectivity index (χ2v) is 9.11. The molecule has 0 bridgehead atoms. The van der Waals surface area contributed by atoms with Crippen LogP contribution in [0.1, 0.15) is 6.92 Å². The van der Waals surface area contributed by atoms with Gasteiger partial charge in [0, 0.05) is 17.3 Å². The van der Waals surface area contributed by atoms with Crippen LogP contribution >= 0.6 is 0 Å².